The Morgan fingerprint density at radius 3 is 2.93 bits per heavy atom. The zero-order valence-electron chi connectivity index (χ0n) is 8.19. The third-order valence-electron chi connectivity index (χ3n) is 2.65. The van der Waals surface area contributed by atoms with Gasteiger partial charge in [0.1, 0.15) is 0 Å². The molecular formula is C11H12ClNO2. The molecule has 0 saturated carbocycles. The first-order valence-electron chi connectivity index (χ1n) is 4.89. The SMILES string of the molecule is O=Cc1c(Cl)cccc1N1CCC(O)C1. The molecule has 1 unspecified atom stereocenters. The van der Waals surface area contributed by atoms with E-state index in [1.807, 2.05) is 17.0 Å². The van der Waals surface area contributed by atoms with E-state index >= 15 is 0 Å². The van der Waals surface area contributed by atoms with Gasteiger partial charge in [0.15, 0.2) is 6.29 Å². The van der Waals surface area contributed by atoms with E-state index in [2.05, 4.69) is 0 Å². The summed E-state index contributed by atoms with van der Waals surface area (Å²) in [4.78, 5) is 12.9. The predicted molar refractivity (Wildman–Crippen MR) is 59.7 cm³/mol. The van der Waals surface area contributed by atoms with E-state index in [9.17, 15) is 9.90 Å². The van der Waals surface area contributed by atoms with E-state index in [1.54, 1.807) is 6.07 Å². The number of aldehydes is 1. The molecule has 1 N–H and O–H groups in total. The maximum absolute atomic E-state index is 10.9. The maximum atomic E-state index is 10.9. The number of nitrogens with zero attached hydrogens (tertiary/aromatic N) is 1. The lowest BCUT2D eigenvalue weighted by atomic mass is 10.2. The Balaban J connectivity index is 2.35. The molecular weight excluding hydrogens is 214 g/mol. The zero-order valence-corrected chi connectivity index (χ0v) is 8.94. The second-order valence-corrected chi connectivity index (χ2v) is 4.09. The number of β-amino-alcohol motifs (C(OH)–C–C–N with tert-alkyl or cyclic N) is 1. The summed E-state index contributed by atoms with van der Waals surface area (Å²) in [6.45, 7) is 1.34. The minimum absolute atomic E-state index is 0.302. The van der Waals surface area contributed by atoms with Gasteiger partial charge in [0.05, 0.1) is 16.7 Å². The number of aliphatic hydroxyl groups is 1. The third-order valence-corrected chi connectivity index (χ3v) is 2.98. The summed E-state index contributed by atoms with van der Waals surface area (Å²) in [6.07, 6.45) is 1.20. The van der Waals surface area contributed by atoms with Gasteiger partial charge in [-0.05, 0) is 18.6 Å². The number of carbonyl (C=O) groups excluding carboxylic acids is 1. The summed E-state index contributed by atoms with van der Waals surface area (Å²) in [5.41, 5.74) is 1.32. The van der Waals surface area contributed by atoms with Crippen LogP contribution in [-0.4, -0.2) is 30.6 Å². The Labute approximate surface area is 93.3 Å². The van der Waals surface area contributed by atoms with Gasteiger partial charge >= 0.3 is 0 Å². The lowest BCUT2D eigenvalue weighted by molar-refractivity contribution is 0.112. The summed E-state index contributed by atoms with van der Waals surface area (Å²) < 4.78 is 0. The van der Waals surface area contributed by atoms with E-state index in [1.165, 1.54) is 0 Å². The minimum atomic E-state index is -0.302. The average molecular weight is 226 g/mol. The van der Waals surface area contributed by atoms with Crippen LogP contribution in [0.25, 0.3) is 0 Å². The summed E-state index contributed by atoms with van der Waals surface area (Å²) in [7, 11) is 0. The standard InChI is InChI=1S/C11H12ClNO2/c12-10-2-1-3-11(9(10)7-14)13-5-4-8(15)6-13/h1-3,7-8,15H,4-6H2. The molecule has 80 valence electrons. The van der Waals surface area contributed by atoms with Crippen LogP contribution in [0, 0.1) is 0 Å². The molecule has 1 aromatic carbocycles. The van der Waals surface area contributed by atoms with Crippen molar-refractivity contribution >= 4 is 23.6 Å². The summed E-state index contributed by atoms with van der Waals surface area (Å²) in [6, 6.07) is 5.37. The highest BCUT2D eigenvalue weighted by Crippen LogP contribution is 2.28. The molecule has 1 heterocycles. The second-order valence-electron chi connectivity index (χ2n) is 3.68. The van der Waals surface area contributed by atoms with Crippen molar-refractivity contribution in [3.05, 3.63) is 28.8 Å². The molecule has 0 aromatic heterocycles. The van der Waals surface area contributed by atoms with E-state index in [-0.39, 0.29) is 6.10 Å². The first-order chi connectivity index (χ1) is 7.22. The molecule has 1 aliphatic heterocycles. The van der Waals surface area contributed by atoms with Crippen LogP contribution in [0.5, 0.6) is 0 Å². The molecule has 15 heavy (non-hydrogen) atoms. The number of rotatable bonds is 2. The highest BCUT2D eigenvalue weighted by Gasteiger charge is 2.22. The number of anilines is 1. The van der Waals surface area contributed by atoms with E-state index < -0.39 is 0 Å². The van der Waals surface area contributed by atoms with Gasteiger partial charge in [0, 0.05) is 18.8 Å². The van der Waals surface area contributed by atoms with Gasteiger partial charge in [-0.15, -0.1) is 0 Å². The largest absolute Gasteiger partial charge is 0.391 e. The average Bonchev–Trinajstić information content (AvgIpc) is 2.64. The maximum Gasteiger partial charge on any atom is 0.153 e. The number of hydrogen-bond donors (Lipinski definition) is 1. The van der Waals surface area contributed by atoms with Gasteiger partial charge in [0.25, 0.3) is 0 Å². The Hall–Kier alpha value is -1.06. The van der Waals surface area contributed by atoms with E-state index in [0.29, 0.717) is 17.1 Å². The topological polar surface area (TPSA) is 40.5 Å². The smallest absolute Gasteiger partial charge is 0.153 e. The minimum Gasteiger partial charge on any atom is -0.391 e. The summed E-state index contributed by atoms with van der Waals surface area (Å²) >= 11 is 5.92. The summed E-state index contributed by atoms with van der Waals surface area (Å²) in [5, 5.41) is 9.89. The normalized spacial score (nSPS) is 20.7. The van der Waals surface area contributed by atoms with Gasteiger partial charge in [-0.3, -0.25) is 4.79 Å². The van der Waals surface area contributed by atoms with Gasteiger partial charge in [0.2, 0.25) is 0 Å². The van der Waals surface area contributed by atoms with Crippen molar-refractivity contribution < 1.29 is 9.90 Å². The Morgan fingerprint density at radius 2 is 2.33 bits per heavy atom. The lowest BCUT2D eigenvalue weighted by Crippen LogP contribution is -2.22. The molecule has 0 aliphatic carbocycles. The zero-order chi connectivity index (χ0) is 10.8. The van der Waals surface area contributed by atoms with Crippen molar-refractivity contribution in [1.82, 2.24) is 0 Å². The van der Waals surface area contributed by atoms with Crippen molar-refractivity contribution in [2.24, 2.45) is 0 Å². The first kappa shape index (κ1) is 10.5. The predicted octanol–water partition coefficient (Wildman–Crippen LogP) is 1.72. The molecule has 1 fully saturated rings. The molecule has 2 rings (SSSR count). The number of halogens is 1. The first-order valence-corrected chi connectivity index (χ1v) is 5.27. The molecule has 0 bridgehead atoms. The van der Waals surface area contributed by atoms with Crippen LogP contribution >= 0.6 is 11.6 Å². The van der Waals surface area contributed by atoms with Gasteiger partial charge in [-0.1, -0.05) is 17.7 Å². The second kappa shape index (κ2) is 4.21. The molecule has 0 radical (unpaired) electrons. The number of benzene rings is 1. The van der Waals surface area contributed by atoms with Crippen LogP contribution in [0.1, 0.15) is 16.8 Å². The van der Waals surface area contributed by atoms with Crippen molar-refractivity contribution in [2.45, 2.75) is 12.5 Å². The van der Waals surface area contributed by atoms with Crippen molar-refractivity contribution in [3.8, 4) is 0 Å². The van der Waals surface area contributed by atoms with Crippen molar-refractivity contribution in [2.75, 3.05) is 18.0 Å². The van der Waals surface area contributed by atoms with Gasteiger partial charge in [-0.2, -0.15) is 0 Å². The molecule has 1 saturated heterocycles. The fraction of sp³-hybridized carbons (Fsp3) is 0.364. The van der Waals surface area contributed by atoms with Crippen molar-refractivity contribution in [1.29, 1.82) is 0 Å². The molecule has 4 heteroatoms. The van der Waals surface area contributed by atoms with Crippen LogP contribution in [0.4, 0.5) is 5.69 Å². The van der Waals surface area contributed by atoms with Gasteiger partial charge in [-0.25, -0.2) is 0 Å². The molecule has 1 aromatic rings. The molecule has 1 aliphatic rings. The Kier molecular flexibility index (Phi) is 2.93. The number of carbonyl (C=O) groups is 1. The van der Waals surface area contributed by atoms with Crippen molar-refractivity contribution in [3.63, 3.8) is 0 Å². The Morgan fingerprint density at radius 1 is 1.53 bits per heavy atom. The van der Waals surface area contributed by atoms with E-state index in [0.717, 1.165) is 24.9 Å². The Bertz CT molecular complexity index is 381. The molecule has 0 spiro atoms. The molecule has 0 amide bonds. The number of aliphatic hydroxyl groups excluding tert-OH is 1. The molecule has 1 atom stereocenters. The third kappa shape index (κ3) is 1.98. The highest BCUT2D eigenvalue weighted by molar-refractivity contribution is 6.33. The monoisotopic (exact) mass is 225 g/mol. The van der Waals surface area contributed by atoms with Crippen LogP contribution in [-0.2, 0) is 0 Å². The van der Waals surface area contributed by atoms with Crippen LogP contribution in [0.3, 0.4) is 0 Å². The molecule has 3 nitrogen and oxygen atoms in total. The summed E-state index contributed by atoms with van der Waals surface area (Å²) in [5.74, 6) is 0. The van der Waals surface area contributed by atoms with Crippen LogP contribution in [0.15, 0.2) is 18.2 Å². The quantitative estimate of drug-likeness (QED) is 0.780. The number of hydrogen-bond acceptors (Lipinski definition) is 3. The van der Waals surface area contributed by atoms with Gasteiger partial charge < -0.3 is 10.0 Å². The van der Waals surface area contributed by atoms with E-state index in [4.69, 9.17) is 11.6 Å². The fourth-order valence-electron chi connectivity index (χ4n) is 1.88. The van der Waals surface area contributed by atoms with Crippen LogP contribution in [0.2, 0.25) is 5.02 Å². The van der Waals surface area contributed by atoms with Crippen LogP contribution < -0.4 is 4.90 Å². The highest BCUT2D eigenvalue weighted by atomic mass is 35.5. The fourth-order valence-corrected chi connectivity index (χ4v) is 2.09. The lowest BCUT2D eigenvalue weighted by Gasteiger charge is -2.20.